The van der Waals surface area contributed by atoms with Gasteiger partial charge in [0.25, 0.3) is 10.0 Å². The van der Waals surface area contributed by atoms with E-state index in [1.165, 1.54) is 16.9 Å². The standard InChI is InChI=1S/C14H16N4O2S/c1-11-10-13(6-5-12(11)4-3-8-15)21(19,20)17-14-7-9-16-18(14)2/h5-7,9-10,17H,8,15H2,1-2H3. The molecule has 6 nitrogen and oxygen atoms in total. The first-order chi connectivity index (χ1) is 9.94. The fraction of sp³-hybridized carbons (Fsp3) is 0.214. The van der Waals surface area contributed by atoms with Crippen molar-refractivity contribution >= 4 is 15.8 Å². The van der Waals surface area contributed by atoms with Gasteiger partial charge in [0.15, 0.2) is 0 Å². The van der Waals surface area contributed by atoms with Crippen molar-refractivity contribution in [2.24, 2.45) is 12.8 Å². The molecule has 2 aromatic rings. The van der Waals surface area contributed by atoms with Crippen LogP contribution in [0.2, 0.25) is 0 Å². The lowest BCUT2D eigenvalue weighted by Gasteiger charge is -2.09. The summed E-state index contributed by atoms with van der Waals surface area (Å²) < 4.78 is 28.6. The van der Waals surface area contributed by atoms with Crippen molar-refractivity contribution < 1.29 is 8.42 Å². The van der Waals surface area contributed by atoms with Gasteiger partial charge in [-0.05, 0) is 30.7 Å². The molecule has 0 saturated carbocycles. The highest BCUT2D eigenvalue weighted by atomic mass is 32.2. The van der Waals surface area contributed by atoms with E-state index >= 15 is 0 Å². The molecule has 110 valence electrons. The number of hydrogen-bond donors (Lipinski definition) is 2. The lowest BCUT2D eigenvalue weighted by molar-refractivity contribution is 0.600. The minimum atomic E-state index is -3.65. The van der Waals surface area contributed by atoms with Crippen LogP contribution in [0.5, 0.6) is 0 Å². The van der Waals surface area contributed by atoms with Crippen molar-refractivity contribution in [3.63, 3.8) is 0 Å². The SMILES string of the molecule is Cc1cc(S(=O)(=O)Nc2ccnn2C)ccc1C#CCN. The predicted octanol–water partition coefficient (Wildman–Crippen LogP) is 0.840. The molecule has 0 aliphatic heterocycles. The number of aryl methyl sites for hydroxylation is 2. The summed E-state index contributed by atoms with van der Waals surface area (Å²) in [4.78, 5) is 0.180. The van der Waals surface area contributed by atoms with Crippen LogP contribution in [-0.4, -0.2) is 24.7 Å². The molecule has 1 aromatic carbocycles. The summed E-state index contributed by atoms with van der Waals surface area (Å²) in [5.41, 5.74) is 6.87. The molecule has 0 atom stereocenters. The van der Waals surface area contributed by atoms with Crippen LogP contribution < -0.4 is 10.5 Å². The third-order valence-electron chi connectivity index (χ3n) is 2.89. The van der Waals surface area contributed by atoms with E-state index in [0.29, 0.717) is 5.82 Å². The average molecular weight is 304 g/mol. The van der Waals surface area contributed by atoms with E-state index in [9.17, 15) is 8.42 Å². The van der Waals surface area contributed by atoms with E-state index in [2.05, 4.69) is 21.7 Å². The van der Waals surface area contributed by atoms with Crippen molar-refractivity contribution in [3.05, 3.63) is 41.6 Å². The molecule has 1 aromatic heterocycles. The zero-order valence-electron chi connectivity index (χ0n) is 11.8. The van der Waals surface area contributed by atoms with Gasteiger partial charge in [-0.3, -0.25) is 9.40 Å². The molecule has 3 N–H and O–H groups in total. The Bertz CT molecular complexity index is 813. The number of rotatable bonds is 3. The minimum absolute atomic E-state index is 0.180. The Morgan fingerprint density at radius 1 is 1.38 bits per heavy atom. The number of hydrogen-bond acceptors (Lipinski definition) is 4. The fourth-order valence-electron chi connectivity index (χ4n) is 1.76. The molecule has 0 amide bonds. The molecular formula is C14H16N4O2S. The second-order valence-electron chi connectivity index (χ2n) is 4.43. The average Bonchev–Trinajstić information content (AvgIpc) is 2.82. The maximum Gasteiger partial charge on any atom is 0.263 e. The van der Waals surface area contributed by atoms with Crippen LogP contribution in [0.1, 0.15) is 11.1 Å². The number of nitrogens with one attached hydrogen (secondary N) is 1. The van der Waals surface area contributed by atoms with Gasteiger partial charge in [-0.2, -0.15) is 5.10 Å². The molecule has 0 bridgehead atoms. The van der Waals surface area contributed by atoms with Gasteiger partial charge in [0.2, 0.25) is 0 Å². The quantitative estimate of drug-likeness (QED) is 0.822. The van der Waals surface area contributed by atoms with Gasteiger partial charge < -0.3 is 5.73 Å². The number of benzene rings is 1. The Kier molecular flexibility index (Phi) is 4.31. The van der Waals surface area contributed by atoms with Crippen LogP contribution in [-0.2, 0) is 17.1 Å². The Balaban J connectivity index is 2.33. The predicted molar refractivity (Wildman–Crippen MR) is 81.1 cm³/mol. The van der Waals surface area contributed by atoms with Crippen LogP contribution in [0.15, 0.2) is 35.4 Å². The molecule has 1 heterocycles. The molecule has 0 aliphatic rings. The molecule has 0 aliphatic carbocycles. The highest BCUT2D eigenvalue weighted by Crippen LogP contribution is 2.18. The van der Waals surface area contributed by atoms with E-state index in [1.54, 1.807) is 25.2 Å². The van der Waals surface area contributed by atoms with Crippen LogP contribution in [0, 0.1) is 18.8 Å². The molecular weight excluding hydrogens is 288 g/mol. The molecule has 0 spiro atoms. The molecule has 21 heavy (non-hydrogen) atoms. The zero-order valence-corrected chi connectivity index (χ0v) is 12.6. The second-order valence-corrected chi connectivity index (χ2v) is 6.11. The van der Waals surface area contributed by atoms with Gasteiger partial charge in [-0.15, -0.1) is 0 Å². The Hall–Kier alpha value is -2.30. The summed E-state index contributed by atoms with van der Waals surface area (Å²) in [7, 11) is -1.99. The van der Waals surface area contributed by atoms with E-state index in [-0.39, 0.29) is 11.4 Å². The normalized spacial score (nSPS) is 10.8. The molecule has 0 unspecified atom stereocenters. The molecule has 0 saturated heterocycles. The third-order valence-corrected chi connectivity index (χ3v) is 4.25. The number of anilines is 1. The van der Waals surface area contributed by atoms with Crippen LogP contribution in [0.25, 0.3) is 0 Å². The first-order valence-corrected chi connectivity index (χ1v) is 7.73. The van der Waals surface area contributed by atoms with Gasteiger partial charge in [-0.1, -0.05) is 11.8 Å². The summed E-state index contributed by atoms with van der Waals surface area (Å²) in [6.07, 6.45) is 1.52. The number of aromatic nitrogens is 2. The number of nitrogens with zero attached hydrogens (tertiary/aromatic N) is 2. The smallest absolute Gasteiger partial charge is 0.263 e. The lowest BCUT2D eigenvalue weighted by Crippen LogP contribution is -2.15. The molecule has 0 radical (unpaired) electrons. The van der Waals surface area contributed by atoms with E-state index in [4.69, 9.17) is 5.73 Å². The van der Waals surface area contributed by atoms with E-state index < -0.39 is 10.0 Å². The highest BCUT2D eigenvalue weighted by molar-refractivity contribution is 7.92. The Morgan fingerprint density at radius 3 is 2.71 bits per heavy atom. The summed E-state index contributed by atoms with van der Waals surface area (Å²) >= 11 is 0. The van der Waals surface area contributed by atoms with E-state index in [0.717, 1.165) is 11.1 Å². The monoisotopic (exact) mass is 304 g/mol. The highest BCUT2D eigenvalue weighted by Gasteiger charge is 2.16. The van der Waals surface area contributed by atoms with Crippen LogP contribution in [0.4, 0.5) is 5.82 Å². The Labute approximate surface area is 124 Å². The van der Waals surface area contributed by atoms with E-state index in [1.807, 2.05) is 6.92 Å². The minimum Gasteiger partial charge on any atom is -0.320 e. The summed E-state index contributed by atoms with van der Waals surface area (Å²) in [5.74, 6) is 6.05. The van der Waals surface area contributed by atoms with Crippen LogP contribution in [0.3, 0.4) is 0 Å². The van der Waals surface area contributed by atoms with Gasteiger partial charge in [-0.25, -0.2) is 8.42 Å². The first kappa shape index (κ1) is 15.1. The fourth-order valence-corrected chi connectivity index (χ4v) is 2.93. The molecule has 7 heteroatoms. The number of nitrogens with two attached hydrogens (primary N) is 1. The van der Waals surface area contributed by atoms with Crippen molar-refractivity contribution in [2.45, 2.75) is 11.8 Å². The zero-order chi connectivity index (χ0) is 15.5. The summed E-state index contributed by atoms with van der Waals surface area (Å²) in [5, 5.41) is 3.92. The van der Waals surface area contributed by atoms with Crippen LogP contribution >= 0.6 is 0 Å². The van der Waals surface area contributed by atoms with Crippen molar-refractivity contribution in [3.8, 4) is 11.8 Å². The maximum atomic E-state index is 12.3. The third kappa shape index (κ3) is 3.42. The first-order valence-electron chi connectivity index (χ1n) is 6.24. The van der Waals surface area contributed by atoms with Crippen molar-refractivity contribution in [2.75, 3.05) is 11.3 Å². The van der Waals surface area contributed by atoms with Gasteiger partial charge in [0.05, 0.1) is 17.6 Å². The van der Waals surface area contributed by atoms with Gasteiger partial charge in [0.1, 0.15) is 5.82 Å². The molecule has 2 rings (SSSR count). The topological polar surface area (TPSA) is 90.0 Å². The van der Waals surface area contributed by atoms with Crippen molar-refractivity contribution in [1.29, 1.82) is 0 Å². The second kappa shape index (κ2) is 5.99. The van der Waals surface area contributed by atoms with Crippen molar-refractivity contribution in [1.82, 2.24) is 9.78 Å². The van der Waals surface area contributed by atoms with Gasteiger partial charge >= 0.3 is 0 Å². The lowest BCUT2D eigenvalue weighted by atomic mass is 10.1. The van der Waals surface area contributed by atoms with Gasteiger partial charge in [0, 0.05) is 18.7 Å². The molecule has 0 fully saturated rings. The Morgan fingerprint density at radius 2 is 2.14 bits per heavy atom. The summed E-state index contributed by atoms with van der Waals surface area (Å²) in [6, 6.07) is 6.37. The summed E-state index contributed by atoms with van der Waals surface area (Å²) in [6.45, 7) is 2.07. The largest absolute Gasteiger partial charge is 0.320 e. The number of sulfonamides is 1. The maximum absolute atomic E-state index is 12.3.